The lowest BCUT2D eigenvalue weighted by molar-refractivity contribution is -0.142. The number of thiophene rings is 1. The number of amides is 1. The van der Waals surface area contributed by atoms with Gasteiger partial charge in [-0.1, -0.05) is 71.8 Å². The smallest absolute Gasteiger partial charge is 0.328 e. The summed E-state index contributed by atoms with van der Waals surface area (Å²) in [4.78, 5) is 26.3. The normalized spacial score (nSPS) is 11.7. The predicted molar refractivity (Wildman–Crippen MR) is 161 cm³/mol. The first-order valence-electron chi connectivity index (χ1n) is 12.8. The van der Waals surface area contributed by atoms with Crippen LogP contribution in [-0.2, 0) is 22.6 Å². The molecule has 0 fully saturated rings. The van der Waals surface area contributed by atoms with Crippen LogP contribution in [0.3, 0.4) is 0 Å². The third-order valence-electron chi connectivity index (χ3n) is 6.60. The molecule has 1 aromatic heterocycles. The fourth-order valence-corrected chi connectivity index (χ4v) is 5.42. The lowest BCUT2D eigenvalue weighted by atomic mass is 10.0. The van der Waals surface area contributed by atoms with Crippen LogP contribution in [0.5, 0.6) is 5.75 Å². The molecule has 40 heavy (non-hydrogen) atoms. The number of nitrogens with one attached hydrogen (secondary N) is 1. The van der Waals surface area contributed by atoms with E-state index in [2.05, 4.69) is 24.4 Å². The van der Waals surface area contributed by atoms with Crippen LogP contribution in [0.25, 0.3) is 21.2 Å². The number of methoxy groups -OCH3 is 1. The summed E-state index contributed by atoms with van der Waals surface area (Å²) >= 11 is 7.40. The highest BCUT2D eigenvalue weighted by atomic mass is 35.5. The van der Waals surface area contributed by atoms with Gasteiger partial charge in [0.05, 0.1) is 12.0 Å². The standard InChI is InChI=1S/C33H28ClNO4S/c1-21-3-5-23(6-4-21)20-39-28-14-7-22(8-15-28)17-29(33(37)38-2)35-32(36)31-19-26-18-25(11-16-30(26)40-31)24-9-12-27(34)13-10-24/h3-16,18-19,29H,17,20H2,1-2H3,(H,35,36)/t29-/m0/s1. The second-order valence-electron chi connectivity index (χ2n) is 9.54. The Morgan fingerprint density at radius 3 is 2.23 bits per heavy atom. The number of fused-ring (bicyclic) bond motifs is 1. The van der Waals surface area contributed by atoms with E-state index >= 15 is 0 Å². The maximum absolute atomic E-state index is 13.2. The van der Waals surface area contributed by atoms with Crippen LogP contribution >= 0.6 is 22.9 Å². The number of rotatable bonds is 9. The zero-order valence-corrected chi connectivity index (χ0v) is 23.7. The van der Waals surface area contributed by atoms with Gasteiger partial charge in [-0.2, -0.15) is 0 Å². The lowest BCUT2D eigenvalue weighted by Crippen LogP contribution is -2.42. The van der Waals surface area contributed by atoms with Crippen molar-refractivity contribution in [2.45, 2.75) is 26.0 Å². The Labute approximate surface area is 242 Å². The van der Waals surface area contributed by atoms with Crippen LogP contribution in [0, 0.1) is 6.92 Å². The van der Waals surface area contributed by atoms with Crippen molar-refractivity contribution in [3.05, 3.63) is 124 Å². The molecule has 1 amide bonds. The van der Waals surface area contributed by atoms with Crippen LogP contribution in [-0.4, -0.2) is 25.0 Å². The largest absolute Gasteiger partial charge is 0.489 e. The number of esters is 1. The van der Waals surface area contributed by atoms with Crippen LogP contribution in [0.1, 0.15) is 26.4 Å². The number of halogens is 1. The molecule has 0 aliphatic carbocycles. The minimum Gasteiger partial charge on any atom is -0.489 e. The third-order valence-corrected chi connectivity index (χ3v) is 7.96. The second kappa shape index (κ2) is 12.4. The van der Waals surface area contributed by atoms with Crippen LogP contribution in [0.4, 0.5) is 0 Å². The fraction of sp³-hybridized carbons (Fsp3) is 0.152. The maximum Gasteiger partial charge on any atom is 0.328 e. The number of hydrogen-bond acceptors (Lipinski definition) is 5. The highest BCUT2D eigenvalue weighted by molar-refractivity contribution is 7.20. The molecule has 7 heteroatoms. The van der Waals surface area contributed by atoms with E-state index in [-0.39, 0.29) is 5.91 Å². The van der Waals surface area contributed by atoms with E-state index in [0.717, 1.165) is 38.1 Å². The molecule has 0 radical (unpaired) electrons. The van der Waals surface area contributed by atoms with Crippen molar-refractivity contribution in [1.82, 2.24) is 5.32 Å². The summed E-state index contributed by atoms with van der Waals surface area (Å²) in [6.45, 7) is 2.52. The molecule has 1 heterocycles. The van der Waals surface area contributed by atoms with E-state index in [4.69, 9.17) is 21.1 Å². The van der Waals surface area contributed by atoms with E-state index < -0.39 is 12.0 Å². The number of aryl methyl sites for hydroxylation is 1. The third kappa shape index (κ3) is 6.71. The van der Waals surface area contributed by atoms with Gasteiger partial charge in [-0.05, 0) is 77.0 Å². The summed E-state index contributed by atoms with van der Waals surface area (Å²) in [7, 11) is 1.32. The molecule has 0 spiro atoms. The molecule has 0 aliphatic heterocycles. The van der Waals surface area contributed by atoms with E-state index in [1.54, 1.807) is 0 Å². The van der Waals surface area contributed by atoms with Gasteiger partial charge in [-0.25, -0.2) is 4.79 Å². The molecular formula is C33H28ClNO4S. The molecule has 202 valence electrons. The Hall–Kier alpha value is -4.13. The molecule has 0 unspecified atom stereocenters. The van der Waals surface area contributed by atoms with Gasteiger partial charge in [0.2, 0.25) is 0 Å². The van der Waals surface area contributed by atoms with Crippen molar-refractivity contribution in [3.8, 4) is 16.9 Å². The first kappa shape index (κ1) is 27.4. The zero-order chi connectivity index (χ0) is 28.1. The van der Waals surface area contributed by atoms with Gasteiger partial charge in [-0.3, -0.25) is 4.79 Å². The molecular weight excluding hydrogens is 542 g/mol. The SMILES string of the molecule is COC(=O)[C@H](Cc1ccc(OCc2ccc(C)cc2)cc1)NC(=O)c1cc2cc(-c3ccc(Cl)cc3)ccc2s1. The van der Waals surface area contributed by atoms with Crippen molar-refractivity contribution >= 4 is 44.9 Å². The molecule has 5 aromatic rings. The van der Waals surface area contributed by atoms with Gasteiger partial charge in [0, 0.05) is 16.1 Å². The van der Waals surface area contributed by atoms with Gasteiger partial charge in [0.25, 0.3) is 5.91 Å². The monoisotopic (exact) mass is 569 g/mol. The Kier molecular flexibility index (Phi) is 8.48. The zero-order valence-electron chi connectivity index (χ0n) is 22.1. The minimum atomic E-state index is -0.827. The van der Waals surface area contributed by atoms with E-state index in [9.17, 15) is 9.59 Å². The number of hydrogen-bond donors (Lipinski definition) is 1. The van der Waals surface area contributed by atoms with Crippen molar-refractivity contribution in [2.75, 3.05) is 7.11 Å². The molecule has 5 nitrogen and oxygen atoms in total. The minimum absolute atomic E-state index is 0.294. The first-order valence-corrected chi connectivity index (χ1v) is 14.0. The molecule has 0 saturated heterocycles. The average Bonchev–Trinajstić information content (AvgIpc) is 3.41. The van der Waals surface area contributed by atoms with Crippen LogP contribution in [0.15, 0.2) is 97.1 Å². The second-order valence-corrected chi connectivity index (χ2v) is 11.1. The summed E-state index contributed by atoms with van der Waals surface area (Å²) in [6, 6.07) is 30.4. The Morgan fingerprint density at radius 2 is 1.52 bits per heavy atom. The van der Waals surface area contributed by atoms with Gasteiger partial charge in [0.15, 0.2) is 0 Å². The molecule has 1 N–H and O–H groups in total. The van der Waals surface area contributed by atoms with Crippen molar-refractivity contribution in [3.63, 3.8) is 0 Å². The van der Waals surface area contributed by atoms with Gasteiger partial charge in [0.1, 0.15) is 18.4 Å². The topological polar surface area (TPSA) is 64.6 Å². The molecule has 0 aliphatic rings. The summed E-state index contributed by atoms with van der Waals surface area (Å²) in [5.41, 5.74) is 5.25. The summed E-state index contributed by atoms with van der Waals surface area (Å²) in [5, 5.41) is 4.50. The maximum atomic E-state index is 13.2. The van der Waals surface area contributed by atoms with Gasteiger partial charge >= 0.3 is 5.97 Å². The van der Waals surface area contributed by atoms with Crippen LogP contribution in [0.2, 0.25) is 5.02 Å². The quantitative estimate of drug-likeness (QED) is 0.185. The number of carbonyl (C=O) groups excluding carboxylic acids is 2. The average molecular weight is 570 g/mol. The summed E-state index contributed by atoms with van der Waals surface area (Å²) in [5.74, 6) is -0.0897. The van der Waals surface area contributed by atoms with Crippen molar-refractivity contribution in [2.24, 2.45) is 0 Å². The number of ether oxygens (including phenoxy) is 2. The lowest BCUT2D eigenvalue weighted by Gasteiger charge is -2.16. The summed E-state index contributed by atoms with van der Waals surface area (Å²) < 4.78 is 11.9. The fourth-order valence-electron chi connectivity index (χ4n) is 4.35. The van der Waals surface area contributed by atoms with E-state index in [0.29, 0.717) is 22.9 Å². The molecule has 4 aromatic carbocycles. The molecule has 0 saturated carbocycles. The van der Waals surface area contributed by atoms with Crippen LogP contribution < -0.4 is 10.1 Å². The molecule has 1 atom stereocenters. The predicted octanol–water partition coefficient (Wildman–Crippen LogP) is 7.62. The first-order chi connectivity index (χ1) is 19.4. The number of benzene rings is 4. The molecule has 5 rings (SSSR count). The van der Waals surface area contributed by atoms with E-state index in [1.165, 1.54) is 24.0 Å². The van der Waals surface area contributed by atoms with Crippen molar-refractivity contribution in [1.29, 1.82) is 0 Å². The van der Waals surface area contributed by atoms with Gasteiger partial charge in [-0.15, -0.1) is 11.3 Å². The Balaban J connectivity index is 1.25. The summed E-state index contributed by atoms with van der Waals surface area (Å²) in [6.07, 6.45) is 0.294. The molecule has 0 bridgehead atoms. The highest BCUT2D eigenvalue weighted by Crippen LogP contribution is 2.31. The Bertz CT molecular complexity index is 1630. The highest BCUT2D eigenvalue weighted by Gasteiger charge is 2.24. The van der Waals surface area contributed by atoms with Crippen molar-refractivity contribution < 1.29 is 19.1 Å². The number of carbonyl (C=O) groups is 2. The van der Waals surface area contributed by atoms with Gasteiger partial charge < -0.3 is 14.8 Å². The van der Waals surface area contributed by atoms with E-state index in [1.807, 2.05) is 84.9 Å². The Morgan fingerprint density at radius 1 is 0.850 bits per heavy atom.